The van der Waals surface area contributed by atoms with Gasteiger partial charge in [-0.3, -0.25) is 4.79 Å². The highest BCUT2D eigenvalue weighted by Gasteiger charge is 2.28. The van der Waals surface area contributed by atoms with Gasteiger partial charge in [0.1, 0.15) is 17.4 Å². The molecule has 0 aliphatic carbocycles. The SMILES string of the molecule is Cc1nc(C)n(C2CCCN(C(=O)c3ccc(C)o3)C2)n1. The van der Waals surface area contributed by atoms with E-state index in [1.54, 1.807) is 6.07 Å². The van der Waals surface area contributed by atoms with E-state index >= 15 is 0 Å². The van der Waals surface area contributed by atoms with E-state index in [9.17, 15) is 4.79 Å². The summed E-state index contributed by atoms with van der Waals surface area (Å²) in [4.78, 5) is 18.7. The minimum Gasteiger partial charge on any atom is -0.456 e. The predicted molar refractivity (Wildman–Crippen MR) is 77.1 cm³/mol. The van der Waals surface area contributed by atoms with Crippen molar-refractivity contribution in [3.8, 4) is 0 Å². The lowest BCUT2D eigenvalue weighted by atomic mass is 10.1. The van der Waals surface area contributed by atoms with Crippen LogP contribution in [-0.4, -0.2) is 38.7 Å². The summed E-state index contributed by atoms with van der Waals surface area (Å²) < 4.78 is 7.39. The lowest BCUT2D eigenvalue weighted by molar-refractivity contribution is 0.0638. The maximum atomic E-state index is 12.5. The second-order valence-electron chi connectivity index (χ2n) is 5.61. The number of likely N-dealkylation sites (tertiary alicyclic amines) is 1. The molecule has 1 aliphatic rings. The van der Waals surface area contributed by atoms with Crippen molar-refractivity contribution in [1.82, 2.24) is 19.7 Å². The minimum atomic E-state index is -0.0395. The molecule has 3 rings (SSSR count). The van der Waals surface area contributed by atoms with Crippen molar-refractivity contribution >= 4 is 5.91 Å². The fourth-order valence-corrected chi connectivity index (χ4v) is 2.93. The highest BCUT2D eigenvalue weighted by Crippen LogP contribution is 2.23. The third kappa shape index (κ3) is 2.70. The zero-order valence-corrected chi connectivity index (χ0v) is 12.7. The number of piperidine rings is 1. The summed E-state index contributed by atoms with van der Waals surface area (Å²) in [6.45, 7) is 7.11. The number of amides is 1. The van der Waals surface area contributed by atoms with Crippen LogP contribution in [0, 0.1) is 20.8 Å². The molecule has 0 bridgehead atoms. The molecule has 1 fully saturated rings. The Labute approximate surface area is 123 Å². The Morgan fingerprint density at radius 1 is 1.33 bits per heavy atom. The Morgan fingerprint density at radius 3 is 2.76 bits per heavy atom. The maximum Gasteiger partial charge on any atom is 0.289 e. The van der Waals surface area contributed by atoms with Gasteiger partial charge in [-0.2, -0.15) is 5.10 Å². The molecule has 1 atom stereocenters. The van der Waals surface area contributed by atoms with Crippen molar-refractivity contribution < 1.29 is 9.21 Å². The molecule has 6 nitrogen and oxygen atoms in total. The number of aryl methyl sites for hydroxylation is 3. The monoisotopic (exact) mass is 288 g/mol. The van der Waals surface area contributed by atoms with Crippen LogP contribution in [-0.2, 0) is 0 Å². The van der Waals surface area contributed by atoms with Crippen molar-refractivity contribution in [2.75, 3.05) is 13.1 Å². The molecule has 21 heavy (non-hydrogen) atoms. The van der Waals surface area contributed by atoms with Crippen molar-refractivity contribution in [2.24, 2.45) is 0 Å². The van der Waals surface area contributed by atoms with Crippen LogP contribution in [0.1, 0.15) is 46.8 Å². The fourth-order valence-electron chi connectivity index (χ4n) is 2.93. The first-order valence-electron chi connectivity index (χ1n) is 7.30. The quantitative estimate of drug-likeness (QED) is 0.850. The Morgan fingerprint density at radius 2 is 2.14 bits per heavy atom. The molecule has 1 aliphatic heterocycles. The van der Waals surface area contributed by atoms with E-state index in [1.807, 2.05) is 36.4 Å². The highest BCUT2D eigenvalue weighted by molar-refractivity contribution is 5.91. The van der Waals surface area contributed by atoms with Crippen molar-refractivity contribution in [3.05, 3.63) is 35.3 Å². The molecule has 6 heteroatoms. The molecule has 0 aromatic carbocycles. The second kappa shape index (κ2) is 5.35. The zero-order chi connectivity index (χ0) is 15.0. The number of furan rings is 1. The van der Waals surface area contributed by atoms with E-state index in [0.717, 1.165) is 36.8 Å². The van der Waals surface area contributed by atoms with E-state index in [4.69, 9.17) is 4.42 Å². The molecule has 2 aromatic rings. The van der Waals surface area contributed by atoms with E-state index in [2.05, 4.69) is 10.1 Å². The van der Waals surface area contributed by atoms with Gasteiger partial charge in [0.05, 0.1) is 6.04 Å². The predicted octanol–water partition coefficient (Wildman–Crippen LogP) is 2.27. The van der Waals surface area contributed by atoms with Gasteiger partial charge in [0.15, 0.2) is 5.76 Å². The standard InChI is InChI=1S/C15H20N4O2/c1-10-6-7-14(21-10)15(20)18-8-4-5-13(9-18)19-12(3)16-11(2)17-19/h6-7,13H,4-5,8-9H2,1-3H3. The summed E-state index contributed by atoms with van der Waals surface area (Å²) in [5, 5.41) is 4.45. The van der Waals surface area contributed by atoms with Gasteiger partial charge in [-0.05, 0) is 45.7 Å². The lowest BCUT2D eigenvalue weighted by Gasteiger charge is -2.32. The number of rotatable bonds is 2. The van der Waals surface area contributed by atoms with Crippen LogP contribution in [0.15, 0.2) is 16.5 Å². The summed E-state index contributed by atoms with van der Waals surface area (Å²) in [5.41, 5.74) is 0. The molecule has 0 N–H and O–H groups in total. The molecular formula is C15H20N4O2. The summed E-state index contributed by atoms with van der Waals surface area (Å²) >= 11 is 0. The molecule has 1 saturated heterocycles. The summed E-state index contributed by atoms with van der Waals surface area (Å²) in [6, 6.07) is 3.76. The third-order valence-electron chi connectivity index (χ3n) is 3.89. The number of carbonyl (C=O) groups excluding carboxylic acids is 1. The van der Waals surface area contributed by atoms with Crippen LogP contribution in [0.3, 0.4) is 0 Å². The second-order valence-corrected chi connectivity index (χ2v) is 5.61. The van der Waals surface area contributed by atoms with Gasteiger partial charge < -0.3 is 9.32 Å². The largest absolute Gasteiger partial charge is 0.456 e. The number of hydrogen-bond acceptors (Lipinski definition) is 4. The summed E-state index contributed by atoms with van der Waals surface area (Å²) in [6.07, 6.45) is 1.99. The molecule has 112 valence electrons. The van der Waals surface area contributed by atoms with Crippen LogP contribution in [0.4, 0.5) is 0 Å². The van der Waals surface area contributed by atoms with E-state index in [0.29, 0.717) is 12.3 Å². The average Bonchev–Trinajstić information content (AvgIpc) is 3.04. The molecule has 0 radical (unpaired) electrons. The first-order chi connectivity index (χ1) is 10.0. The van der Waals surface area contributed by atoms with Gasteiger partial charge >= 0.3 is 0 Å². The summed E-state index contributed by atoms with van der Waals surface area (Å²) in [7, 11) is 0. The van der Waals surface area contributed by atoms with Crippen molar-refractivity contribution in [1.29, 1.82) is 0 Å². The number of nitrogens with zero attached hydrogens (tertiary/aromatic N) is 4. The molecule has 2 aromatic heterocycles. The van der Waals surface area contributed by atoms with Crippen molar-refractivity contribution in [2.45, 2.75) is 39.7 Å². The fraction of sp³-hybridized carbons (Fsp3) is 0.533. The van der Waals surface area contributed by atoms with Gasteiger partial charge in [-0.1, -0.05) is 0 Å². The maximum absolute atomic E-state index is 12.5. The Kier molecular flexibility index (Phi) is 3.53. The molecule has 1 amide bonds. The Hall–Kier alpha value is -2.11. The van der Waals surface area contributed by atoms with Gasteiger partial charge in [-0.25, -0.2) is 9.67 Å². The van der Waals surface area contributed by atoms with E-state index in [1.165, 1.54) is 0 Å². The molecular weight excluding hydrogens is 268 g/mol. The van der Waals surface area contributed by atoms with Crippen LogP contribution in [0.25, 0.3) is 0 Å². The van der Waals surface area contributed by atoms with Crippen LogP contribution in [0.5, 0.6) is 0 Å². The summed E-state index contributed by atoms with van der Waals surface area (Å²) in [5.74, 6) is 2.81. The van der Waals surface area contributed by atoms with Gasteiger partial charge in [0.25, 0.3) is 5.91 Å². The van der Waals surface area contributed by atoms with Crippen LogP contribution in [0.2, 0.25) is 0 Å². The number of carbonyl (C=O) groups is 1. The molecule has 1 unspecified atom stereocenters. The number of hydrogen-bond donors (Lipinski definition) is 0. The smallest absolute Gasteiger partial charge is 0.289 e. The first kappa shape index (κ1) is 13.9. The Balaban J connectivity index is 1.77. The molecule has 3 heterocycles. The third-order valence-corrected chi connectivity index (χ3v) is 3.89. The van der Waals surface area contributed by atoms with E-state index in [-0.39, 0.29) is 11.9 Å². The minimum absolute atomic E-state index is 0.0395. The topological polar surface area (TPSA) is 64.2 Å². The lowest BCUT2D eigenvalue weighted by Crippen LogP contribution is -2.41. The van der Waals surface area contributed by atoms with Gasteiger partial charge in [0.2, 0.25) is 0 Å². The van der Waals surface area contributed by atoms with E-state index < -0.39 is 0 Å². The highest BCUT2D eigenvalue weighted by atomic mass is 16.3. The normalized spacial score (nSPS) is 19.0. The first-order valence-corrected chi connectivity index (χ1v) is 7.30. The molecule has 0 spiro atoms. The Bertz CT molecular complexity index is 658. The molecule has 0 saturated carbocycles. The average molecular weight is 288 g/mol. The van der Waals surface area contributed by atoms with Crippen LogP contribution < -0.4 is 0 Å². The van der Waals surface area contributed by atoms with Crippen LogP contribution >= 0.6 is 0 Å². The van der Waals surface area contributed by atoms with Gasteiger partial charge in [-0.15, -0.1) is 0 Å². The number of aromatic nitrogens is 3. The van der Waals surface area contributed by atoms with Crippen molar-refractivity contribution in [3.63, 3.8) is 0 Å². The van der Waals surface area contributed by atoms with Gasteiger partial charge in [0, 0.05) is 13.1 Å². The zero-order valence-electron chi connectivity index (χ0n) is 12.7.